The van der Waals surface area contributed by atoms with Gasteiger partial charge in [-0.25, -0.2) is 0 Å². The smallest absolute Gasteiger partial charge is 0.262 e. The molecule has 0 saturated carbocycles. The molecule has 3 N–H and O–H groups in total. The predicted molar refractivity (Wildman–Crippen MR) is 71.6 cm³/mol. The minimum atomic E-state index is -0.0678. The third kappa shape index (κ3) is 3.33. The summed E-state index contributed by atoms with van der Waals surface area (Å²) < 4.78 is 5.34. The number of nitrogens with two attached hydrogens (primary N) is 1. The number of carbonyl (C=O) groups excluding carboxylic acids is 1. The van der Waals surface area contributed by atoms with Crippen LogP contribution in [0.2, 0.25) is 0 Å². The molecule has 0 spiro atoms. The van der Waals surface area contributed by atoms with E-state index in [1.807, 2.05) is 11.4 Å². The van der Waals surface area contributed by atoms with Crippen LogP contribution < -0.4 is 11.1 Å². The molecule has 5 heteroatoms. The highest BCUT2D eigenvalue weighted by Crippen LogP contribution is 2.16. The first kappa shape index (κ1) is 13.1. The van der Waals surface area contributed by atoms with Gasteiger partial charge in [-0.1, -0.05) is 11.8 Å². The minimum absolute atomic E-state index is 0.0678. The highest BCUT2D eigenvalue weighted by molar-refractivity contribution is 7.12. The molecule has 1 saturated heterocycles. The van der Waals surface area contributed by atoms with Crippen LogP contribution in [0, 0.1) is 11.8 Å². The standard InChI is InChI=1S/C13H16N2O2S/c14-6-1-3-10-5-8-18-12(10)13(16)15-11-4-2-7-17-9-11/h5,8,11H,2,4,6-7,9,14H2,(H,15,16). The summed E-state index contributed by atoms with van der Waals surface area (Å²) in [6.07, 6.45) is 1.97. The maximum absolute atomic E-state index is 12.1. The SMILES string of the molecule is NCC#Cc1ccsc1C(=O)NC1CCCOC1. The Kier molecular flexibility index (Phi) is 4.76. The fourth-order valence-electron chi connectivity index (χ4n) is 1.84. The number of hydrogen-bond donors (Lipinski definition) is 2. The van der Waals surface area contributed by atoms with Crippen LogP contribution in [-0.2, 0) is 4.74 Å². The molecule has 1 fully saturated rings. The summed E-state index contributed by atoms with van der Waals surface area (Å²) in [5, 5.41) is 4.85. The zero-order chi connectivity index (χ0) is 12.8. The predicted octanol–water partition coefficient (Wildman–Crippen LogP) is 0.967. The minimum Gasteiger partial charge on any atom is -0.379 e. The highest BCUT2D eigenvalue weighted by atomic mass is 32.1. The Bertz CT molecular complexity index is 467. The second-order valence-electron chi connectivity index (χ2n) is 4.06. The maximum Gasteiger partial charge on any atom is 0.262 e. The molecule has 1 aromatic rings. The van der Waals surface area contributed by atoms with Gasteiger partial charge in [-0.2, -0.15) is 0 Å². The molecule has 0 bridgehead atoms. The first-order chi connectivity index (χ1) is 8.81. The maximum atomic E-state index is 12.1. The van der Waals surface area contributed by atoms with Crippen LogP contribution in [0.4, 0.5) is 0 Å². The summed E-state index contributed by atoms with van der Waals surface area (Å²) >= 11 is 1.40. The fourth-order valence-corrected chi connectivity index (χ4v) is 2.59. The molecule has 2 rings (SSSR count). The average molecular weight is 264 g/mol. The summed E-state index contributed by atoms with van der Waals surface area (Å²) in [6, 6.07) is 1.96. The van der Waals surface area contributed by atoms with Gasteiger partial charge in [-0.15, -0.1) is 11.3 Å². The molecule has 0 aromatic carbocycles. The number of ether oxygens (including phenoxy) is 1. The zero-order valence-corrected chi connectivity index (χ0v) is 10.9. The first-order valence-electron chi connectivity index (χ1n) is 5.96. The van der Waals surface area contributed by atoms with E-state index < -0.39 is 0 Å². The second-order valence-corrected chi connectivity index (χ2v) is 4.97. The molecule has 1 amide bonds. The quantitative estimate of drug-likeness (QED) is 0.782. The number of hydrogen-bond acceptors (Lipinski definition) is 4. The molecule has 1 aliphatic heterocycles. The van der Waals surface area contributed by atoms with Gasteiger partial charge in [0.05, 0.1) is 19.2 Å². The molecule has 2 heterocycles. The van der Waals surface area contributed by atoms with E-state index in [9.17, 15) is 4.79 Å². The Morgan fingerprint density at radius 2 is 2.56 bits per heavy atom. The lowest BCUT2D eigenvalue weighted by Gasteiger charge is -2.22. The summed E-state index contributed by atoms with van der Waals surface area (Å²) in [5.41, 5.74) is 6.08. The van der Waals surface area contributed by atoms with Crippen LogP contribution in [-0.4, -0.2) is 31.7 Å². The molecule has 18 heavy (non-hydrogen) atoms. The van der Waals surface area contributed by atoms with E-state index in [1.165, 1.54) is 11.3 Å². The van der Waals surface area contributed by atoms with Crippen LogP contribution in [0.3, 0.4) is 0 Å². The van der Waals surface area contributed by atoms with E-state index in [0.717, 1.165) is 25.0 Å². The van der Waals surface area contributed by atoms with E-state index in [1.54, 1.807) is 0 Å². The van der Waals surface area contributed by atoms with Crippen molar-refractivity contribution in [2.45, 2.75) is 18.9 Å². The van der Waals surface area contributed by atoms with Crippen molar-refractivity contribution >= 4 is 17.2 Å². The van der Waals surface area contributed by atoms with Gasteiger partial charge in [-0.05, 0) is 24.3 Å². The van der Waals surface area contributed by atoms with E-state index in [4.69, 9.17) is 10.5 Å². The van der Waals surface area contributed by atoms with E-state index in [2.05, 4.69) is 17.2 Å². The third-order valence-corrected chi connectivity index (χ3v) is 3.61. The van der Waals surface area contributed by atoms with Gasteiger partial charge < -0.3 is 15.8 Å². The van der Waals surface area contributed by atoms with Gasteiger partial charge in [0, 0.05) is 12.2 Å². The molecule has 1 aromatic heterocycles. The van der Waals surface area contributed by atoms with Gasteiger partial charge in [0.15, 0.2) is 0 Å². The van der Waals surface area contributed by atoms with Crippen molar-refractivity contribution in [2.24, 2.45) is 5.73 Å². The van der Waals surface area contributed by atoms with Crippen molar-refractivity contribution in [3.05, 3.63) is 21.9 Å². The summed E-state index contributed by atoms with van der Waals surface area (Å²) in [5.74, 6) is 5.62. The number of carbonyl (C=O) groups is 1. The highest BCUT2D eigenvalue weighted by Gasteiger charge is 2.19. The van der Waals surface area contributed by atoms with Crippen molar-refractivity contribution in [2.75, 3.05) is 19.8 Å². The number of rotatable bonds is 2. The lowest BCUT2D eigenvalue weighted by atomic mass is 10.1. The molecule has 1 aliphatic rings. The molecule has 1 atom stereocenters. The van der Waals surface area contributed by atoms with E-state index in [-0.39, 0.29) is 11.9 Å². The Labute approximate surface area is 111 Å². The monoisotopic (exact) mass is 264 g/mol. The lowest BCUT2D eigenvalue weighted by molar-refractivity contribution is 0.0626. The molecular formula is C13H16N2O2S. The first-order valence-corrected chi connectivity index (χ1v) is 6.84. The van der Waals surface area contributed by atoms with Crippen LogP contribution in [0.1, 0.15) is 28.1 Å². The summed E-state index contributed by atoms with van der Waals surface area (Å²) in [6.45, 7) is 1.69. The Morgan fingerprint density at radius 1 is 1.67 bits per heavy atom. The van der Waals surface area contributed by atoms with Crippen molar-refractivity contribution in [1.29, 1.82) is 0 Å². The zero-order valence-electron chi connectivity index (χ0n) is 10.1. The average Bonchev–Trinajstić information content (AvgIpc) is 2.86. The van der Waals surface area contributed by atoms with Crippen molar-refractivity contribution in [1.82, 2.24) is 5.32 Å². The molecule has 4 nitrogen and oxygen atoms in total. The van der Waals surface area contributed by atoms with Crippen molar-refractivity contribution < 1.29 is 9.53 Å². The molecule has 1 unspecified atom stereocenters. The molecule has 96 valence electrons. The number of thiophene rings is 1. The number of nitrogens with one attached hydrogen (secondary N) is 1. The van der Waals surface area contributed by atoms with Crippen LogP contribution in [0.25, 0.3) is 0 Å². The lowest BCUT2D eigenvalue weighted by Crippen LogP contribution is -2.40. The molecule has 0 radical (unpaired) electrons. The van der Waals surface area contributed by atoms with Crippen molar-refractivity contribution in [3.63, 3.8) is 0 Å². The number of amides is 1. The Balaban J connectivity index is 2.02. The molecule has 0 aliphatic carbocycles. The largest absolute Gasteiger partial charge is 0.379 e. The van der Waals surface area contributed by atoms with Gasteiger partial charge >= 0.3 is 0 Å². The van der Waals surface area contributed by atoms with E-state index >= 15 is 0 Å². The molecular weight excluding hydrogens is 248 g/mol. The van der Waals surface area contributed by atoms with Gasteiger partial charge in [0.25, 0.3) is 5.91 Å². The second kappa shape index (κ2) is 6.55. The van der Waals surface area contributed by atoms with E-state index in [0.29, 0.717) is 18.0 Å². The van der Waals surface area contributed by atoms with Crippen LogP contribution >= 0.6 is 11.3 Å². The third-order valence-electron chi connectivity index (χ3n) is 2.69. The topological polar surface area (TPSA) is 64.4 Å². The van der Waals surface area contributed by atoms with Crippen molar-refractivity contribution in [3.8, 4) is 11.8 Å². The normalized spacial score (nSPS) is 18.8. The Hall–Kier alpha value is -1.35. The Morgan fingerprint density at radius 3 is 3.28 bits per heavy atom. The van der Waals surface area contributed by atoms with Crippen LogP contribution in [0.15, 0.2) is 11.4 Å². The summed E-state index contributed by atoms with van der Waals surface area (Å²) in [4.78, 5) is 12.8. The fraction of sp³-hybridized carbons (Fsp3) is 0.462. The van der Waals surface area contributed by atoms with Gasteiger partial charge in [0.1, 0.15) is 4.88 Å². The van der Waals surface area contributed by atoms with Gasteiger partial charge in [0.2, 0.25) is 0 Å². The van der Waals surface area contributed by atoms with Crippen LogP contribution in [0.5, 0.6) is 0 Å². The summed E-state index contributed by atoms with van der Waals surface area (Å²) in [7, 11) is 0. The van der Waals surface area contributed by atoms with Gasteiger partial charge in [-0.3, -0.25) is 4.79 Å².